The molecule has 16 heavy (non-hydrogen) atoms. The van der Waals surface area contributed by atoms with Crippen molar-refractivity contribution in [2.45, 2.75) is 13.0 Å². The summed E-state index contributed by atoms with van der Waals surface area (Å²) in [4.78, 5) is 17.1. The van der Waals surface area contributed by atoms with Crippen molar-refractivity contribution < 1.29 is 14.6 Å². The Balaban J connectivity index is 2.15. The maximum absolute atomic E-state index is 11.0. The van der Waals surface area contributed by atoms with Gasteiger partial charge in [-0.05, 0) is 6.92 Å². The molecule has 2 atom stereocenters. The van der Waals surface area contributed by atoms with Gasteiger partial charge in [-0.25, -0.2) is 4.98 Å². The second kappa shape index (κ2) is 4.34. The van der Waals surface area contributed by atoms with E-state index in [2.05, 4.69) is 9.36 Å². The van der Waals surface area contributed by atoms with Crippen LogP contribution in [0.5, 0.6) is 0 Å². The van der Waals surface area contributed by atoms with Gasteiger partial charge in [-0.2, -0.15) is 4.37 Å². The highest BCUT2D eigenvalue weighted by atomic mass is 32.1. The molecule has 0 saturated carbocycles. The molecule has 1 aromatic rings. The second-order valence-electron chi connectivity index (χ2n) is 3.78. The van der Waals surface area contributed by atoms with Crippen LogP contribution in [0.25, 0.3) is 0 Å². The fraction of sp³-hybridized carbons (Fsp3) is 0.667. The van der Waals surface area contributed by atoms with Crippen LogP contribution in [0.4, 0.5) is 5.13 Å². The maximum Gasteiger partial charge on any atom is 0.311 e. The van der Waals surface area contributed by atoms with Crippen molar-refractivity contribution in [2.24, 2.45) is 5.92 Å². The molecule has 2 rings (SSSR count). The smallest absolute Gasteiger partial charge is 0.311 e. The van der Waals surface area contributed by atoms with Gasteiger partial charge in [0.05, 0.1) is 19.3 Å². The fourth-order valence-electron chi connectivity index (χ4n) is 1.73. The van der Waals surface area contributed by atoms with Gasteiger partial charge in [0.2, 0.25) is 5.13 Å². The van der Waals surface area contributed by atoms with Crippen LogP contribution in [0, 0.1) is 12.8 Å². The first-order valence-corrected chi connectivity index (χ1v) is 5.70. The van der Waals surface area contributed by atoms with Crippen molar-refractivity contribution in [1.29, 1.82) is 0 Å². The third-order valence-corrected chi connectivity index (χ3v) is 3.58. The predicted octanol–water partition coefficient (Wildman–Crippen LogP) is 0.382. The van der Waals surface area contributed by atoms with Crippen LogP contribution in [0.2, 0.25) is 0 Å². The lowest BCUT2D eigenvalue weighted by atomic mass is 10.0. The molecule has 6 nitrogen and oxygen atoms in total. The highest BCUT2D eigenvalue weighted by Gasteiger charge is 2.37. The zero-order valence-electron chi connectivity index (χ0n) is 9.08. The number of nitrogens with zero attached hydrogens (tertiary/aromatic N) is 3. The molecule has 1 aliphatic heterocycles. The van der Waals surface area contributed by atoms with Gasteiger partial charge in [0, 0.05) is 18.6 Å². The number of aryl methyl sites for hydroxylation is 1. The lowest BCUT2D eigenvalue weighted by molar-refractivity contribution is -0.141. The third kappa shape index (κ3) is 2.00. The average Bonchev–Trinajstić information content (AvgIpc) is 2.84. The van der Waals surface area contributed by atoms with Crippen molar-refractivity contribution in [3.05, 3.63) is 5.82 Å². The van der Waals surface area contributed by atoms with Gasteiger partial charge in [0.25, 0.3) is 0 Å². The summed E-state index contributed by atoms with van der Waals surface area (Å²) in [6.45, 7) is 2.50. The van der Waals surface area contributed by atoms with E-state index >= 15 is 0 Å². The van der Waals surface area contributed by atoms with E-state index in [9.17, 15) is 4.79 Å². The number of carboxylic acids is 1. The Kier molecular flexibility index (Phi) is 3.06. The average molecular weight is 243 g/mol. The maximum atomic E-state index is 11.0. The zero-order valence-corrected chi connectivity index (χ0v) is 9.90. The van der Waals surface area contributed by atoms with Gasteiger partial charge in [0.15, 0.2) is 0 Å². The minimum atomic E-state index is -0.824. The highest BCUT2D eigenvalue weighted by molar-refractivity contribution is 7.09. The number of likely N-dealkylation sites (N-methyl/N-ethyl adjacent to an activating group) is 1. The molecule has 0 spiro atoms. The molecule has 0 amide bonds. The van der Waals surface area contributed by atoms with Crippen molar-refractivity contribution in [3.63, 3.8) is 0 Å². The Hall–Kier alpha value is -1.21. The van der Waals surface area contributed by atoms with Gasteiger partial charge in [-0.1, -0.05) is 0 Å². The Bertz CT molecular complexity index is 395. The summed E-state index contributed by atoms with van der Waals surface area (Å²) in [5, 5.41) is 9.78. The minimum absolute atomic E-state index is 0.162. The van der Waals surface area contributed by atoms with Crippen LogP contribution in [0.3, 0.4) is 0 Å². The summed E-state index contributed by atoms with van der Waals surface area (Å²) in [6.07, 6.45) is 0. The molecular weight excluding hydrogens is 230 g/mol. The monoisotopic (exact) mass is 243 g/mol. The van der Waals surface area contributed by atoms with E-state index < -0.39 is 11.9 Å². The second-order valence-corrected chi connectivity index (χ2v) is 4.51. The van der Waals surface area contributed by atoms with Crippen LogP contribution in [-0.4, -0.2) is 46.7 Å². The zero-order chi connectivity index (χ0) is 11.7. The minimum Gasteiger partial charge on any atom is -0.481 e. The Morgan fingerprint density at radius 3 is 2.94 bits per heavy atom. The molecule has 1 saturated heterocycles. The van der Waals surface area contributed by atoms with Crippen molar-refractivity contribution in [2.75, 3.05) is 25.2 Å². The summed E-state index contributed by atoms with van der Waals surface area (Å²) < 4.78 is 9.29. The number of aromatic nitrogens is 2. The molecule has 88 valence electrons. The van der Waals surface area contributed by atoms with E-state index in [0.29, 0.717) is 12.4 Å². The molecule has 1 aromatic heterocycles. The summed E-state index contributed by atoms with van der Waals surface area (Å²) in [7, 11) is 1.83. The molecule has 7 heteroatoms. The van der Waals surface area contributed by atoms with E-state index in [1.807, 2.05) is 18.9 Å². The number of carbonyl (C=O) groups is 1. The summed E-state index contributed by atoms with van der Waals surface area (Å²) in [6, 6.07) is -0.162. The molecule has 1 fully saturated rings. The van der Waals surface area contributed by atoms with Crippen molar-refractivity contribution in [3.8, 4) is 0 Å². The van der Waals surface area contributed by atoms with Crippen LogP contribution in [0.1, 0.15) is 5.82 Å². The largest absolute Gasteiger partial charge is 0.481 e. The number of rotatable bonds is 3. The quantitative estimate of drug-likeness (QED) is 0.827. The van der Waals surface area contributed by atoms with Gasteiger partial charge < -0.3 is 14.7 Å². The Morgan fingerprint density at radius 2 is 2.38 bits per heavy atom. The first-order valence-electron chi connectivity index (χ1n) is 4.93. The number of anilines is 1. The Morgan fingerprint density at radius 1 is 1.62 bits per heavy atom. The van der Waals surface area contributed by atoms with Crippen LogP contribution in [-0.2, 0) is 9.53 Å². The summed E-state index contributed by atoms with van der Waals surface area (Å²) in [5.41, 5.74) is 0. The molecular formula is C9H13N3O3S. The SMILES string of the molecule is Cc1nsc(N(C)C2COCC2C(=O)O)n1. The standard InChI is InChI=1S/C9H13N3O3S/c1-5-10-9(16-11-5)12(2)7-4-15-3-6(7)8(13)14/h6-7H,3-4H2,1-2H3,(H,13,14). The molecule has 1 aliphatic rings. The van der Waals surface area contributed by atoms with Crippen molar-refractivity contribution in [1.82, 2.24) is 9.36 Å². The van der Waals surface area contributed by atoms with Gasteiger partial charge >= 0.3 is 5.97 Å². The molecule has 0 aromatic carbocycles. The molecule has 0 aliphatic carbocycles. The number of aliphatic carboxylic acids is 1. The predicted molar refractivity (Wildman–Crippen MR) is 58.8 cm³/mol. The normalized spacial score (nSPS) is 24.6. The van der Waals surface area contributed by atoms with Crippen LogP contribution in [0.15, 0.2) is 0 Å². The lowest BCUT2D eigenvalue weighted by Crippen LogP contribution is -2.40. The highest BCUT2D eigenvalue weighted by Crippen LogP contribution is 2.25. The van der Waals surface area contributed by atoms with E-state index in [1.54, 1.807) is 0 Å². The number of carboxylic acid groups (broad SMARTS) is 1. The van der Waals surface area contributed by atoms with Crippen molar-refractivity contribution >= 4 is 22.6 Å². The van der Waals surface area contributed by atoms with E-state index in [1.165, 1.54) is 11.5 Å². The van der Waals surface area contributed by atoms with Crippen LogP contribution < -0.4 is 4.90 Å². The van der Waals surface area contributed by atoms with Crippen LogP contribution >= 0.6 is 11.5 Å². The third-order valence-electron chi connectivity index (χ3n) is 2.68. The molecule has 0 radical (unpaired) electrons. The topological polar surface area (TPSA) is 75.6 Å². The number of hydrogen-bond donors (Lipinski definition) is 1. The first-order chi connectivity index (χ1) is 7.59. The van der Waals surface area contributed by atoms with E-state index in [0.717, 1.165) is 5.13 Å². The number of ether oxygens (including phenoxy) is 1. The molecule has 0 bridgehead atoms. The van der Waals surface area contributed by atoms with Gasteiger partial charge in [-0.15, -0.1) is 0 Å². The molecule has 1 N–H and O–H groups in total. The molecule has 2 unspecified atom stereocenters. The fourth-order valence-corrected chi connectivity index (χ4v) is 2.42. The first kappa shape index (κ1) is 11.3. The van der Waals surface area contributed by atoms with E-state index in [4.69, 9.17) is 9.84 Å². The van der Waals surface area contributed by atoms with Gasteiger partial charge in [-0.3, -0.25) is 4.79 Å². The molecule has 2 heterocycles. The summed E-state index contributed by atoms with van der Waals surface area (Å²) in [5.74, 6) is -0.609. The van der Waals surface area contributed by atoms with Gasteiger partial charge in [0.1, 0.15) is 11.7 Å². The lowest BCUT2D eigenvalue weighted by Gasteiger charge is -2.25. The summed E-state index contributed by atoms with van der Waals surface area (Å²) >= 11 is 1.27. The number of hydrogen-bond acceptors (Lipinski definition) is 6. The van der Waals surface area contributed by atoms with E-state index in [-0.39, 0.29) is 12.6 Å². The Labute approximate surface area is 97.0 Å².